The van der Waals surface area contributed by atoms with Crippen LogP contribution in [0.15, 0.2) is 0 Å². The number of rotatable bonds is 1. The Labute approximate surface area is 120 Å². The quantitative estimate of drug-likeness (QED) is 0.428. The standard InChI is InChI=1S/C6H13N3.C6H10N2.ClH.FH/c7-6(8)5-1-3-9-4-2-5;7-5-6-1-3-8-4-2-6;;/h5,9H,1-4H2,(H3,7,8);6,8H,1-4H2;2*1H. The summed E-state index contributed by atoms with van der Waals surface area (Å²) in [5, 5.41) is 22.0. The van der Waals surface area contributed by atoms with E-state index in [1.165, 1.54) is 0 Å². The van der Waals surface area contributed by atoms with E-state index < -0.39 is 0 Å². The van der Waals surface area contributed by atoms with E-state index >= 15 is 0 Å². The molecule has 2 rings (SSSR count). The first-order valence-corrected chi connectivity index (χ1v) is 6.39. The smallest absolute Gasteiger partial charge is 0.0937 e. The van der Waals surface area contributed by atoms with E-state index in [0.29, 0.717) is 17.7 Å². The molecule has 0 saturated carbocycles. The molecule has 19 heavy (non-hydrogen) atoms. The number of hydrogen-bond acceptors (Lipinski definition) is 4. The molecule has 2 aliphatic heterocycles. The van der Waals surface area contributed by atoms with Gasteiger partial charge in [0, 0.05) is 11.8 Å². The van der Waals surface area contributed by atoms with Crippen LogP contribution in [0.25, 0.3) is 0 Å². The lowest BCUT2D eigenvalue weighted by Crippen LogP contribution is -2.34. The number of piperidine rings is 2. The van der Waals surface area contributed by atoms with Crippen molar-refractivity contribution in [2.45, 2.75) is 25.7 Å². The first-order valence-electron chi connectivity index (χ1n) is 6.39. The lowest BCUT2D eigenvalue weighted by atomic mass is 9.97. The summed E-state index contributed by atoms with van der Waals surface area (Å²) in [5.41, 5.74) is 5.32. The van der Waals surface area contributed by atoms with E-state index in [-0.39, 0.29) is 17.1 Å². The summed E-state index contributed by atoms with van der Waals surface area (Å²) in [6.07, 6.45) is 4.15. The number of nitrogens with zero attached hydrogens (tertiary/aromatic N) is 1. The summed E-state index contributed by atoms with van der Waals surface area (Å²) in [4.78, 5) is 0. The molecule has 2 saturated heterocycles. The molecular formula is C12H25ClFN5. The molecule has 0 aromatic heterocycles. The first-order chi connectivity index (χ1) is 8.24. The molecule has 5 N–H and O–H groups in total. The van der Waals surface area contributed by atoms with Crippen molar-refractivity contribution in [3.63, 3.8) is 0 Å². The number of amidine groups is 1. The van der Waals surface area contributed by atoms with Gasteiger partial charge in [0.05, 0.1) is 11.9 Å². The fraction of sp³-hybridized carbons (Fsp3) is 0.833. The minimum atomic E-state index is 0. The van der Waals surface area contributed by atoms with Gasteiger partial charge >= 0.3 is 0 Å². The molecule has 0 aromatic carbocycles. The van der Waals surface area contributed by atoms with Crippen molar-refractivity contribution in [3.8, 4) is 6.07 Å². The Hall–Kier alpha value is -0.900. The van der Waals surface area contributed by atoms with Gasteiger partial charge in [-0.25, -0.2) is 0 Å². The van der Waals surface area contributed by atoms with Crippen LogP contribution in [0.1, 0.15) is 25.7 Å². The van der Waals surface area contributed by atoms with Crippen LogP contribution < -0.4 is 16.4 Å². The SMILES string of the molecule is Cl.F.N#CC1CCNCC1.N=C(N)C1CCNCC1. The van der Waals surface area contributed by atoms with Crippen molar-refractivity contribution in [2.75, 3.05) is 26.2 Å². The Morgan fingerprint density at radius 3 is 1.74 bits per heavy atom. The molecule has 2 fully saturated rings. The highest BCUT2D eigenvalue weighted by molar-refractivity contribution is 5.85. The van der Waals surface area contributed by atoms with Gasteiger partial charge in [0.15, 0.2) is 0 Å². The average molecular weight is 294 g/mol. The summed E-state index contributed by atoms with van der Waals surface area (Å²) < 4.78 is 0. The third-order valence-corrected chi connectivity index (χ3v) is 3.30. The second-order valence-electron chi connectivity index (χ2n) is 4.63. The van der Waals surface area contributed by atoms with Crippen LogP contribution in [0.5, 0.6) is 0 Å². The topological polar surface area (TPSA) is 97.7 Å². The molecule has 0 radical (unpaired) electrons. The maximum Gasteiger partial charge on any atom is 0.0937 e. The van der Waals surface area contributed by atoms with E-state index in [1.807, 2.05) is 0 Å². The summed E-state index contributed by atoms with van der Waals surface area (Å²) in [6, 6.07) is 2.26. The second kappa shape index (κ2) is 12.2. The van der Waals surface area contributed by atoms with E-state index in [1.54, 1.807) is 0 Å². The van der Waals surface area contributed by atoms with Gasteiger partial charge in [0.1, 0.15) is 0 Å². The van der Waals surface area contributed by atoms with Crippen LogP contribution in [-0.4, -0.2) is 32.0 Å². The zero-order valence-electron chi connectivity index (χ0n) is 11.2. The molecule has 0 spiro atoms. The minimum Gasteiger partial charge on any atom is -0.387 e. The second-order valence-corrected chi connectivity index (χ2v) is 4.63. The highest BCUT2D eigenvalue weighted by Gasteiger charge is 2.14. The van der Waals surface area contributed by atoms with Gasteiger partial charge in [0.2, 0.25) is 0 Å². The first kappa shape index (κ1) is 20.4. The highest BCUT2D eigenvalue weighted by Crippen LogP contribution is 2.09. The van der Waals surface area contributed by atoms with Gasteiger partial charge in [-0.1, -0.05) is 0 Å². The van der Waals surface area contributed by atoms with E-state index in [2.05, 4.69) is 16.7 Å². The zero-order valence-corrected chi connectivity index (χ0v) is 12.0. The van der Waals surface area contributed by atoms with Crippen molar-refractivity contribution in [1.82, 2.24) is 10.6 Å². The summed E-state index contributed by atoms with van der Waals surface area (Å²) in [5.74, 6) is 1.04. The van der Waals surface area contributed by atoms with Gasteiger partial charge in [0.25, 0.3) is 0 Å². The number of hydrogen-bond donors (Lipinski definition) is 4. The molecule has 0 aromatic rings. The van der Waals surface area contributed by atoms with Crippen molar-refractivity contribution in [1.29, 1.82) is 10.7 Å². The lowest BCUT2D eigenvalue weighted by Gasteiger charge is -2.20. The fourth-order valence-electron chi connectivity index (χ4n) is 2.08. The molecule has 0 bridgehead atoms. The lowest BCUT2D eigenvalue weighted by molar-refractivity contribution is 0.444. The largest absolute Gasteiger partial charge is 0.387 e. The number of nitriles is 1. The van der Waals surface area contributed by atoms with Gasteiger partial charge < -0.3 is 16.4 Å². The van der Waals surface area contributed by atoms with Gasteiger partial charge in [-0.2, -0.15) is 5.26 Å². The Bertz CT molecular complexity index is 270. The number of nitrogens with one attached hydrogen (secondary N) is 3. The van der Waals surface area contributed by atoms with Crippen LogP contribution in [0.3, 0.4) is 0 Å². The highest BCUT2D eigenvalue weighted by atomic mass is 35.5. The minimum absolute atomic E-state index is 0. The van der Waals surface area contributed by atoms with Crippen LogP contribution in [-0.2, 0) is 0 Å². The van der Waals surface area contributed by atoms with Crippen LogP contribution >= 0.6 is 12.4 Å². The number of halogens is 2. The van der Waals surface area contributed by atoms with Crippen LogP contribution in [0.4, 0.5) is 4.70 Å². The monoisotopic (exact) mass is 293 g/mol. The molecule has 2 aliphatic rings. The van der Waals surface area contributed by atoms with Crippen molar-refractivity contribution >= 4 is 18.2 Å². The Kier molecular flexibility index (Phi) is 13.1. The predicted octanol–water partition coefficient (Wildman–Crippen LogP) is 1.01. The molecule has 5 nitrogen and oxygen atoms in total. The van der Waals surface area contributed by atoms with E-state index in [0.717, 1.165) is 51.9 Å². The third-order valence-electron chi connectivity index (χ3n) is 3.30. The molecule has 7 heteroatoms. The molecule has 0 aliphatic carbocycles. The van der Waals surface area contributed by atoms with E-state index in [4.69, 9.17) is 16.4 Å². The molecule has 0 amide bonds. The van der Waals surface area contributed by atoms with Gasteiger partial charge in [-0.15, -0.1) is 12.4 Å². The predicted molar refractivity (Wildman–Crippen MR) is 78.5 cm³/mol. The van der Waals surface area contributed by atoms with Crippen molar-refractivity contribution in [3.05, 3.63) is 0 Å². The summed E-state index contributed by atoms with van der Waals surface area (Å²) >= 11 is 0. The van der Waals surface area contributed by atoms with Gasteiger partial charge in [-0.05, 0) is 51.9 Å². The zero-order chi connectivity index (χ0) is 12.5. The van der Waals surface area contributed by atoms with Gasteiger partial charge in [-0.3, -0.25) is 10.1 Å². The Morgan fingerprint density at radius 2 is 1.47 bits per heavy atom. The van der Waals surface area contributed by atoms with Crippen LogP contribution in [0, 0.1) is 28.6 Å². The summed E-state index contributed by atoms with van der Waals surface area (Å²) in [7, 11) is 0. The molecule has 112 valence electrons. The van der Waals surface area contributed by atoms with Crippen molar-refractivity contribution in [2.24, 2.45) is 17.6 Å². The van der Waals surface area contributed by atoms with Crippen molar-refractivity contribution < 1.29 is 4.70 Å². The summed E-state index contributed by atoms with van der Waals surface area (Å²) in [6.45, 7) is 4.09. The molecule has 0 atom stereocenters. The Morgan fingerprint density at radius 1 is 1.05 bits per heavy atom. The molecule has 2 heterocycles. The van der Waals surface area contributed by atoms with Crippen LogP contribution in [0.2, 0.25) is 0 Å². The Balaban J connectivity index is 0. The average Bonchev–Trinajstić information content (AvgIpc) is 2.41. The number of nitrogens with two attached hydrogens (primary N) is 1. The third kappa shape index (κ3) is 8.76. The maximum absolute atomic E-state index is 8.41. The molecule has 0 unspecified atom stereocenters. The fourth-order valence-corrected chi connectivity index (χ4v) is 2.08. The normalized spacial score (nSPS) is 19.7. The van der Waals surface area contributed by atoms with E-state index in [9.17, 15) is 0 Å². The maximum atomic E-state index is 8.41. The molecular weight excluding hydrogens is 269 g/mol.